The lowest BCUT2D eigenvalue weighted by atomic mass is 9.73. The second-order valence-electron chi connectivity index (χ2n) is 9.27. The molecule has 3 saturated heterocycles. The molecular weight excluding hydrogens is 460 g/mol. The molecule has 1 unspecified atom stereocenters. The Labute approximate surface area is 211 Å². The molecule has 6 heteroatoms. The van der Waals surface area contributed by atoms with E-state index in [4.69, 9.17) is 21.1 Å². The molecule has 5 atom stereocenters. The normalized spacial score (nSPS) is 24.4. The Hall–Kier alpha value is -3.15. The number of aromatic nitrogens is 1. The van der Waals surface area contributed by atoms with Gasteiger partial charge in [-0.3, -0.25) is 9.88 Å². The molecule has 5 nitrogen and oxygen atoms in total. The lowest BCUT2D eigenvalue weighted by Gasteiger charge is -2.51. The van der Waals surface area contributed by atoms with Crippen molar-refractivity contribution >= 4 is 34.5 Å². The number of esters is 1. The minimum absolute atomic E-state index is 0.0923. The number of pyridine rings is 1. The maximum atomic E-state index is 13.1. The number of carbonyl (C=O) groups excluding carboxylic acids is 1. The number of carbonyl (C=O) groups is 1. The van der Waals surface area contributed by atoms with Crippen molar-refractivity contribution in [2.45, 2.75) is 25.0 Å². The van der Waals surface area contributed by atoms with E-state index in [1.807, 2.05) is 36.4 Å². The fourth-order valence-electron chi connectivity index (χ4n) is 5.47. The van der Waals surface area contributed by atoms with Gasteiger partial charge in [0.25, 0.3) is 0 Å². The van der Waals surface area contributed by atoms with Gasteiger partial charge >= 0.3 is 5.97 Å². The van der Waals surface area contributed by atoms with Crippen molar-refractivity contribution in [3.63, 3.8) is 0 Å². The molecule has 0 saturated carbocycles. The molecule has 3 aromatic rings. The average molecular weight is 489 g/mol. The molecule has 3 aliphatic heterocycles. The molecule has 0 radical (unpaired) electrons. The second-order valence-corrected chi connectivity index (χ2v) is 9.71. The third-order valence-electron chi connectivity index (χ3n) is 7.32. The summed E-state index contributed by atoms with van der Waals surface area (Å²) in [6.07, 6.45) is 8.79. The highest BCUT2D eigenvalue weighted by atomic mass is 35.5. The third kappa shape index (κ3) is 4.97. The van der Waals surface area contributed by atoms with Crippen LogP contribution in [0, 0.1) is 11.8 Å². The van der Waals surface area contributed by atoms with Crippen LogP contribution in [0.1, 0.15) is 30.1 Å². The summed E-state index contributed by atoms with van der Waals surface area (Å²) < 4.78 is 11.7. The van der Waals surface area contributed by atoms with E-state index >= 15 is 0 Å². The smallest absolute Gasteiger partial charge is 0.331 e. The Balaban J connectivity index is 1.49. The predicted molar refractivity (Wildman–Crippen MR) is 139 cm³/mol. The van der Waals surface area contributed by atoms with E-state index in [0.29, 0.717) is 16.9 Å². The van der Waals surface area contributed by atoms with Crippen molar-refractivity contribution in [1.29, 1.82) is 0 Å². The summed E-state index contributed by atoms with van der Waals surface area (Å²) in [6, 6.07) is 15.2. The van der Waals surface area contributed by atoms with E-state index in [0.717, 1.165) is 53.7 Å². The van der Waals surface area contributed by atoms with Gasteiger partial charge in [-0.2, -0.15) is 0 Å². The number of rotatable bonds is 7. The number of methoxy groups -OCH3 is 1. The van der Waals surface area contributed by atoms with Gasteiger partial charge in [-0.1, -0.05) is 29.8 Å². The molecule has 0 aliphatic carbocycles. The standard InChI is InChI=1S/C29H29ClN2O3/c1-3-20-18-32-15-13-21(20)16-27(32)29(35-28(33)11-6-19-4-7-22(30)8-5-19)24-12-14-31-26-10-9-23(34-2)17-25(24)26/h3-12,14,17,20-21,27,29H,1,13,15-16,18H2,2H3/b11-6+/t20-,21+,27-,29+/m1/s1. The molecule has 2 bridgehead atoms. The van der Waals surface area contributed by atoms with Gasteiger partial charge in [-0.15, -0.1) is 6.58 Å². The SMILES string of the molecule is C=C[C@@H]1CN2CC[C@H]1C[C@@H]2[C@@H](OC(=O)/C=C/c1ccc(Cl)cc1)c1ccnc2ccc(OC)cc12. The van der Waals surface area contributed by atoms with Crippen LogP contribution < -0.4 is 4.74 Å². The van der Waals surface area contributed by atoms with Crippen molar-refractivity contribution in [3.05, 3.63) is 89.6 Å². The van der Waals surface area contributed by atoms with Crippen LogP contribution in [-0.2, 0) is 9.53 Å². The van der Waals surface area contributed by atoms with Gasteiger partial charge in [0.15, 0.2) is 0 Å². The van der Waals surface area contributed by atoms with Crippen LogP contribution in [0.2, 0.25) is 5.02 Å². The number of ether oxygens (including phenoxy) is 2. The average Bonchev–Trinajstić information content (AvgIpc) is 2.91. The monoisotopic (exact) mass is 488 g/mol. The Kier molecular flexibility index (Phi) is 6.89. The first kappa shape index (κ1) is 23.6. The number of hydrogen-bond donors (Lipinski definition) is 0. The van der Waals surface area contributed by atoms with Gasteiger partial charge in [-0.25, -0.2) is 4.79 Å². The summed E-state index contributed by atoms with van der Waals surface area (Å²) in [5.41, 5.74) is 2.69. The topological polar surface area (TPSA) is 51.7 Å². The van der Waals surface area contributed by atoms with Crippen molar-refractivity contribution in [3.8, 4) is 5.75 Å². The molecule has 6 rings (SSSR count). The second kappa shape index (κ2) is 10.2. The zero-order chi connectivity index (χ0) is 24.4. The zero-order valence-electron chi connectivity index (χ0n) is 19.8. The van der Waals surface area contributed by atoms with E-state index < -0.39 is 6.10 Å². The first-order valence-corrected chi connectivity index (χ1v) is 12.4. The van der Waals surface area contributed by atoms with Gasteiger partial charge in [0, 0.05) is 34.8 Å². The first-order valence-electron chi connectivity index (χ1n) is 12.0. The Morgan fingerprint density at radius 1 is 1.23 bits per heavy atom. The number of benzene rings is 2. The molecule has 3 aliphatic rings. The summed E-state index contributed by atoms with van der Waals surface area (Å²) in [7, 11) is 1.65. The first-order chi connectivity index (χ1) is 17.1. The van der Waals surface area contributed by atoms with E-state index in [9.17, 15) is 4.79 Å². The number of nitrogens with zero attached hydrogens (tertiary/aromatic N) is 2. The number of halogens is 1. The molecule has 0 N–H and O–H groups in total. The fraction of sp³-hybridized carbons (Fsp3) is 0.310. The van der Waals surface area contributed by atoms with Crippen molar-refractivity contribution < 1.29 is 14.3 Å². The van der Waals surface area contributed by atoms with Gasteiger partial charge in [0.05, 0.1) is 18.7 Å². The fourth-order valence-corrected chi connectivity index (χ4v) is 5.59. The van der Waals surface area contributed by atoms with Crippen LogP contribution in [-0.4, -0.2) is 42.1 Å². The van der Waals surface area contributed by atoms with Crippen LogP contribution in [0.4, 0.5) is 0 Å². The zero-order valence-corrected chi connectivity index (χ0v) is 20.5. The summed E-state index contributed by atoms with van der Waals surface area (Å²) in [5.74, 6) is 1.41. The van der Waals surface area contributed by atoms with Crippen LogP contribution >= 0.6 is 11.6 Å². The highest BCUT2D eigenvalue weighted by molar-refractivity contribution is 6.30. The molecular formula is C29H29ClN2O3. The predicted octanol–water partition coefficient (Wildman–Crippen LogP) is 6.09. The summed E-state index contributed by atoms with van der Waals surface area (Å²) in [6.45, 7) is 5.99. The van der Waals surface area contributed by atoms with E-state index in [-0.39, 0.29) is 12.0 Å². The quantitative estimate of drug-likeness (QED) is 0.229. The number of piperidine rings is 3. The van der Waals surface area contributed by atoms with Crippen molar-refractivity contribution in [1.82, 2.24) is 9.88 Å². The minimum Gasteiger partial charge on any atom is -0.497 e. The van der Waals surface area contributed by atoms with Crippen molar-refractivity contribution in [2.24, 2.45) is 11.8 Å². The van der Waals surface area contributed by atoms with E-state index in [1.54, 1.807) is 31.5 Å². The van der Waals surface area contributed by atoms with Crippen LogP contribution in [0.15, 0.2) is 73.5 Å². The third-order valence-corrected chi connectivity index (χ3v) is 7.57. The van der Waals surface area contributed by atoms with Gasteiger partial charge < -0.3 is 9.47 Å². The largest absolute Gasteiger partial charge is 0.497 e. The van der Waals surface area contributed by atoms with E-state index in [2.05, 4.69) is 22.5 Å². The van der Waals surface area contributed by atoms with Gasteiger partial charge in [0.1, 0.15) is 11.9 Å². The number of fused-ring (bicyclic) bond motifs is 4. The molecule has 180 valence electrons. The van der Waals surface area contributed by atoms with Crippen LogP contribution in [0.5, 0.6) is 5.75 Å². The maximum absolute atomic E-state index is 13.1. The van der Waals surface area contributed by atoms with Crippen LogP contribution in [0.3, 0.4) is 0 Å². The highest BCUT2D eigenvalue weighted by Crippen LogP contribution is 2.43. The molecule has 3 fully saturated rings. The Morgan fingerprint density at radius 2 is 2.06 bits per heavy atom. The lowest BCUT2D eigenvalue weighted by molar-refractivity contribution is -0.151. The molecule has 2 aromatic carbocycles. The minimum atomic E-state index is -0.427. The van der Waals surface area contributed by atoms with Crippen molar-refractivity contribution in [2.75, 3.05) is 20.2 Å². The number of hydrogen-bond acceptors (Lipinski definition) is 5. The Morgan fingerprint density at radius 3 is 2.77 bits per heavy atom. The van der Waals surface area contributed by atoms with Gasteiger partial charge in [-0.05, 0) is 79.3 Å². The summed E-state index contributed by atoms with van der Waals surface area (Å²) >= 11 is 5.98. The molecule has 4 heterocycles. The van der Waals surface area contributed by atoms with E-state index in [1.165, 1.54) is 6.08 Å². The van der Waals surface area contributed by atoms with Crippen LogP contribution in [0.25, 0.3) is 17.0 Å². The van der Waals surface area contributed by atoms with Gasteiger partial charge in [0.2, 0.25) is 0 Å². The highest BCUT2D eigenvalue weighted by Gasteiger charge is 2.44. The molecule has 0 amide bonds. The summed E-state index contributed by atoms with van der Waals surface area (Å²) in [4.78, 5) is 20.1. The summed E-state index contributed by atoms with van der Waals surface area (Å²) in [5, 5.41) is 1.60. The Bertz CT molecular complexity index is 1260. The molecule has 1 aromatic heterocycles. The lowest BCUT2D eigenvalue weighted by Crippen LogP contribution is -2.55. The maximum Gasteiger partial charge on any atom is 0.331 e. The molecule has 35 heavy (non-hydrogen) atoms. The molecule has 0 spiro atoms.